The van der Waals surface area contributed by atoms with Crippen molar-refractivity contribution in [2.24, 2.45) is 0 Å². The zero-order valence-corrected chi connectivity index (χ0v) is 19.3. The van der Waals surface area contributed by atoms with Crippen LogP contribution in [0.1, 0.15) is 0 Å². The van der Waals surface area contributed by atoms with Crippen LogP contribution in [0.15, 0.2) is 0 Å². The third kappa shape index (κ3) is 36.3. The Bertz CT molecular complexity index is 112. The molecule has 116 valence electrons. The summed E-state index contributed by atoms with van der Waals surface area (Å²) in [6.45, 7) is 18.8. The van der Waals surface area contributed by atoms with Gasteiger partial charge in [-0.25, -0.2) is 0 Å². The molecule has 6 heteroatoms. The molecule has 0 aromatic heterocycles. The normalized spacial score (nSPS) is 10.4. The van der Waals surface area contributed by atoms with Gasteiger partial charge in [-0.3, -0.25) is 0 Å². The Morgan fingerprint density at radius 2 is 0.611 bits per heavy atom. The van der Waals surface area contributed by atoms with Crippen molar-refractivity contribution in [1.82, 2.24) is 0 Å². The Balaban J connectivity index is -0.000000219. The molecule has 18 heavy (non-hydrogen) atoms. The van der Waals surface area contributed by atoms with Crippen LogP contribution in [-0.2, 0) is 17.3 Å². The van der Waals surface area contributed by atoms with Gasteiger partial charge in [0.25, 0.3) is 0 Å². The Hall–Kier alpha value is 2.63. The van der Waals surface area contributed by atoms with Gasteiger partial charge in [-0.15, -0.1) is 31.7 Å². The van der Waals surface area contributed by atoms with Crippen molar-refractivity contribution in [3.05, 3.63) is 0 Å². The van der Waals surface area contributed by atoms with Crippen molar-refractivity contribution in [1.29, 1.82) is 0 Å². The molecule has 0 saturated heterocycles. The van der Waals surface area contributed by atoms with Crippen LogP contribution >= 0.6 is 41.4 Å². The first-order valence-electron chi connectivity index (χ1n) is 5.97. The maximum absolute atomic E-state index is 4.53. The molecule has 0 nitrogen and oxygen atoms in total. The van der Waals surface area contributed by atoms with E-state index in [4.69, 9.17) is 0 Å². The summed E-state index contributed by atoms with van der Waals surface area (Å²) in [5, 5.41) is 0. The SMILES string of the molecule is CP(C)CCP(C)C.CP(C)CCP(C)C.[Cl][Rh]. The molecule has 0 N–H and O–H groups in total. The molecule has 0 bridgehead atoms. The Morgan fingerprint density at radius 3 is 0.667 bits per heavy atom. The van der Waals surface area contributed by atoms with E-state index in [2.05, 4.69) is 63.0 Å². The predicted octanol–water partition coefficient (Wildman–Crippen LogP) is 5.63. The topological polar surface area (TPSA) is 0 Å². The summed E-state index contributed by atoms with van der Waals surface area (Å²) in [6.07, 6.45) is 5.92. The van der Waals surface area contributed by atoms with E-state index in [0.717, 1.165) is 0 Å². The summed E-state index contributed by atoms with van der Waals surface area (Å²) in [5.41, 5.74) is 0. The molecule has 0 aromatic carbocycles. The van der Waals surface area contributed by atoms with E-state index in [1.807, 2.05) is 17.3 Å². The van der Waals surface area contributed by atoms with E-state index in [1.165, 1.54) is 24.6 Å². The molecular formula is C12H32ClP4Rh. The van der Waals surface area contributed by atoms with Gasteiger partial charge < -0.3 is 0 Å². The average molecular weight is 439 g/mol. The summed E-state index contributed by atoms with van der Waals surface area (Å²) >= 11 is 2.02. The fourth-order valence-corrected chi connectivity index (χ4v) is 7.20. The van der Waals surface area contributed by atoms with E-state index in [9.17, 15) is 0 Å². The van der Waals surface area contributed by atoms with Gasteiger partial charge in [-0.2, -0.15) is 0 Å². The molecule has 0 heterocycles. The molecule has 0 atom stereocenters. The third-order valence-corrected chi connectivity index (χ3v) is 7.17. The van der Waals surface area contributed by atoms with E-state index >= 15 is 0 Å². The number of halogens is 1. The van der Waals surface area contributed by atoms with E-state index in [0.29, 0.717) is 31.7 Å². The first-order chi connectivity index (χ1) is 8.25. The predicted molar refractivity (Wildman–Crippen MR) is 100 cm³/mol. The number of hydrogen-bond acceptors (Lipinski definition) is 0. The fourth-order valence-electron chi connectivity index (χ4n) is 0.800. The van der Waals surface area contributed by atoms with Crippen LogP contribution in [0.2, 0.25) is 0 Å². The van der Waals surface area contributed by atoms with Crippen LogP contribution < -0.4 is 0 Å². The fraction of sp³-hybridized carbons (Fsp3) is 1.00. The van der Waals surface area contributed by atoms with Crippen molar-refractivity contribution >= 4 is 41.4 Å². The molecular weight excluding hydrogens is 406 g/mol. The van der Waals surface area contributed by atoms with Gasteiger partial charge in [-0.1, -0.05) is 0 Å². The molecule has 0 rings (SSSR count). The van der Waals surface area contributed by atoms with Gasteiger partial charge in [0.05, 0.1) is 0 Å². The first kappa shape index (κ1) is 25.6. The summed E-state index contributed by atoms with van der Waals surface area (Å²) in [7, 11) is 6.06. The standard InChI is InChI=1S/2C6H16P2.ClH.Rh/c2*1-7(2)5-6-8(3)4;;/h2*5-6H2,1-4H3;1H;/q;;;+1/p-1. The van der Waals surface area contributed by atoms with Crippen molar-refractivity contribution < 1.29 is 17.3 Å². The zero-order valence-electron chi connectivity index (χ0n) is 13.3. The van der Waals surface area contributed by atoms with Crippen LogP contribution in [-0.4, -0.2) is 78.0 Å². The molecule has 0 aromatic rings. The third-order valence-electron chi connectivity index (χ3n) is 1.99. The molecule has 0 unspecified atom stereocenters. The van der Waals surface area contributed by atoms with Gasteiger partial charge in [0, 0.05) is 0 Å². The Kier molecular flexibility index (Phi) is 27.9. The van der Waals surface area contributed by atoms with Crippen LogP contribution in [0.3, 0.4) is 0 Å². The van der Waals surface area contributed by atoms with Gasteiger partial charge in [-0.05, 0) is 78.0 Å². The minimum atomic E-state index is 0.383. The molecule has 0 amide bonds. The van der Waals surface area contributed by atoms with Crippen molar-refractivity contribution in [3.8, 4) is 0 Å². The van der Waals surface area contributed by atoms with Crippen molar-refractivity contribution in [2.45, 2.75) is 0 Å². The Morgan fingerprint density at radius 1 is 0.500 bits per heavy atom. The summed E-state index contributed by atoms with van der Waals surface area (Å²) in [4.78, 5) is 0. The number of rotatable bonds is 6. The summed E-state index contributed by atoms with van der Waals surface area (Å²) in [6, 6.07) is 0. The van der Waals surface area contributed by atoms with Crippen LogP contribution in [0.4, 0.5) is 0 Å². The van der Waals surface area contributed by atoms with Crippen LogP contribution in [0.25, 0.3) is 0 Å². The maximum atomic E-state index is 4.53. The summed E-state index contributed by atoms with van der Waals surface area (Å²) < 4.78 is 0. The van der Waals surface area contributed by atoms with Crippen LogP contribution in [0, 0.1) is 0 Å². The van der Waals surface area contributed by atoms with E-state index in [1.54, 1.807) is 0 Å². The van der Waals surface area contributed by atoms with Crippen molar-refractivity contribution in [2.75, 3.05) is 78.0 Å². The number of hydrogen-bond donors (Lipinski definition) is 0. The molecule has 0 aliphatic rings. The van der Waals surface area contributed by atoms with Crippen LogP contribution in [0.5, 0.6) is 0 Å². The van der Waals surface area contributed by atoms with Gasteiger partial charge >= 0.3 is 27.0 Å². The second-order valence-corrected chi connectivity index (χ2v) is 15.6. The van der Waals surface area contributed by atoms with Gasteiger partial charge in [0.15, 0.2) is 0 Å². The van der Waals surface area contributed by atoms with Gasteiger partial charge in [0.1, 0.15) is 0 Å². The molecule has 0 aliphatic heterocycles. The van der Waals surface area contributed by atoms with E-state index in [-0.39, 0.29) is 0 Å². The molecule has 0 spiro atoms. The van der Waals surface area contributed by atoms with Crippen molar-refractivity contribution in [3.63, 3.8) is 0 Å². The minimum absolute atomic E-state index is 0.383. The average Bonchev–Trinajstić information content (AvgIpc) is 2.27. The first-order valence-corrected chi connectivity index (χ1v) is 17.8. The second kappa shape index (κ2) is 19.6. The second-order valence-electron chi connectivity index (χ2n) is 5.21. The van der Waals surface area contributed by atoms with Gasteiger partial charge in [0.2, 0.25) is 0 Å². The Labute approximate surface area is 136 Å². The molecule has 0 fully saturated rings. The summed E-state index contributed by atoms with van der Waals surface area (Å²) in [5.74, 6) is 0. The molecule has 0 radical (unpaired) electrons. The zero-order chi connectivity index (χ0) is 15.1. The quantitative estimate of drug-likeness (QED) is 0.373. The molecule has 0 aliphatic carbocycles. The van der Waals surface area contributed by atoms with E-state index < -0.39 is 0 Å². The molecule has 0 saturated carbocycles. The monoisotopic (exact) mass is 438 g/mol.